The number of hydrogen-bond donors (Lipinski definition) is 2. The highest BCUT2D eigenvalue weighted by molar-refractivity contribution is 6.35. The fraction of sp³-hybridized carbons (Fsp3) is 0. The van der Waals surface area contributed by atoms with Gasteiger partial charge in [-0.25, -0.2) is 0 Å². The Hall–Kier alpha value is -3.44. The lowest BCUT2D eigenvalue weighted by molar-refractivity contribution is 0.0979. The van der Waals surface area contributed by atoms with Gasteiger partial charge in [0.05, 0.1) is 27.4 Å². The van der Waals surface area contributed by atoms with Crippen LogP contribution in [0.4, 0.5) is 11.4 Å². The third-order valence-electron chi connectivity index (χ3n) is 4.47. The number of carbonyl (C=O) groups excluding carboxylic acids is 3. The van der Waals surface area contributed by atoms with Crippen LogP contribution in [0.25, 0.3) is 0 Å². The Bertz CT molecular complexity index is 1140. The highest BCUT2D eigenvalue weighted by Gasteiger charge is 2.33. The summed E-state index contributed by atoms with van der Waals surface area (Å²) in [6.45, 7) is 0. The Kier molecular flexibility index (Phi) is 4.01. The van der Waals surface area contributed by atoms with E-state index in [1.54, 1.807) is 60.7 Å². The molecule has 4 rings (SSSR count). The molecule has 0 bridgehead atoms. The quantitative estimate of drug-likeness (QED) is 0.518. The molecule has 0 heterocycles. The maximum Gasteiger partial charge on any atom is 0.257 e. The molecule has 5 nitrogen and oxygen atoms in total. The normalized spacial score (nSPS) is 12.3. The van der Waals surface area contributed by atoms with Crippen LogP contribution in [0.2, 0.25) is 5.02 Å². The van der Waals surface area contributed by atoms with Gasteiger partial charge < -0.3 is 11.1 Å². The summed E-state index contributed by atoms with van der Waals surface area (Å²) in [5.74, 6) is -1.17. The van der Waals surface area contributed by atoms with Crippen LogP contribution in [-0.4, -0.2) is 17.5 Å². The number of nitrogens with two attached hydrogens (primary N) is 1. The summed E-state index contributed by atoms with van der Waals surface area (Å²) >= 11 is 6.07. The van der Waals surface area contributed by atoms with Crippen molar-refractivity contribution in [2.75, 3.05) is 11.1 Å². The highest BCUT2D eigenvalue weighted by Crippen LogP contribution is 2.34. The van der Waals surface area contributed by atoms with Crippen LogP contribution >= 0.6 is 11.6 Å². The molecule has 27 heavy (non-hydrogen) atoms. The van der Waals surface area contributed by atoms with Crippen molar-refractivity contribution < 1.29 is 14.4 Å². The first-order valence-electron chi connectivity index (χ1n) is 8.16. The first-order chi connectivity index (χ1) is 13.0. The lowest BCUT2D eigenvalue weighted by atomic mass is 9.82. The number of benzene rings is 3. The van der Waals surface area contributed by atoms with E-state index in [9.17, 15) is 14.4 Å². The minimum Gasteiger partial charge on any atom is -0.398 e. The van der Waals surface area contributed by atoms with Crippen molar-refractivity contribution in [3.05, 3.63) is 93.5 Å². The number of halogens is 1. The smallest absolute Gasteiger partial charge is 0.257 e. The van der Waals surface area contributed by atoms with Gasteiger partial charge in [0, 0.05) is 16.8 Å². The second kappa shape index (κ2) is 6.37. The van der Waals surface area contributed by atoms with E-state index in [4.69, 9.17) is 17.3 Å². The lowest BCUT2D eigenvalue weighted by Crippen LogP contribution is -2.25. The van der Waals surface area contributed by atoms with Crippen molar-refractivity contribution >= 4 is 40.4 Å². The fourth-order valence-corrected chi connectivity index (χ4v) is 3.43. The van der Waals surface area contributed by atoms with Gasteiger partial charge in [-0.05, 0) is 24.3 Å². The van der Waals surface area contributed by atoms with Gasteiger partial charge in [-0.3, -0.25) is 14.4 Å². The Labute approximate surface area is 159 Å². The molecule has 0 saturated carbocycles. The zero-order valence-electron chi connectivity index (χ0n) is 14.0. The number of rotatable bonds is 2. The molecular formula is C21H13ClN2O3. The van der Waals surface area contributed by atoms with E-state index in [1.165, 1.54) is 0 Å². The molecule has 0 aliphatic heterocycles. The van der Waals surface area contributed by atoms with Crippen molar-refractivity contribution in [1.82, 2.24) is 0 Å². The molecule has 1 amide bonds. The molecule has 1 aliphatic carbocycles. The average Bonchev–Trinajstić information content (AvgIpc) is 2.66. The second-order valence-corrected chi connectivity index (χ2v) is 6.50. The Balaban J connectivity index is 1.82. The van der Waals surface area contributed by atoms with Crippen LogP contribution in [0, 0.1) is 0 Å². The number of amides is 1. The Morgan fingerprint density at radius 2 is 1.48 bits per heavy atom. The highest BCUT2D eigenvalue weighted by atomic mass is 35.5. The summed E-state index contributed by atoms with van der Waals surface area (Å²) in [5.41, 5.74) is 7.46. The van der Waals surface area contributed by atoms with Crippen LogP contribution < -0.4 is 11.1 Å². The van der Waals surface area contributed by atoms with Crippen molar-refractivity contribution in [2.24, 2.45) is 0 Å². The van der Waals surface area contributed by atoms with E-state index in [-0.39, 0.29) is 50.0 Å². The average molecular weight is 377 g/mol. The summed E-state index contributed by atoms with van der Waals surface area (Å²) in [6, 6.07) is 16.1. The van der Waals surface area contributed by atoms with Crippen molar-refractivity contribution in [2.45, 2.75) is 0 Å². The summed E-state index contributed by atoms with van der Waals surface area (Å²) in [4.78, 5) is 38.5. The molecule has 6 heteroatoms. The predicted octanol–water partition coefficient (Wildman–Crippen LogP) is 3.95. The first-order valence-corrected chi connectivity index (χ1v) is 8.53. The third-order valence-corrected chi connectivity index (χ3v) is 4.80. The minimum absolute atomic E-state index is 0.133. The molecule has 132 valence electrons. The zero-order chi connectivity index (χ0) is 19.1. The number of carbonyl (C=O) groups is 3. The summed E-state index contributed by atoms with van der Waals surface area (Å²) < 4.78 is 0. The van der Waals surface area contributed by atoms with E-state index < -0.39 is 11.7 Å². The van der Waals surface area contributed by atoms with E-state index in [2.05, 4.69) is 5.32 Å². The lowest BCUT2D eigenvalue weighted by Gasteiger charge is -2.21. The number of hydrogen-bond acceptors (Lipinski definition) is 4. The molecule has 0 fully saturated rings. The molecule has 0 radical (unpaired) electrons. The Morgan fingerprint density at radius 3 is 2.22 bits per heavy atom. The molecule has 3 aromatic carbocycles. The van der Waals surface area contributed by atoms with Gasteiger partial charge in [-0.2, -0.15) is 0 Å². The number of fused-ring (bicyclic) bond motifs is 2. The zero-order valence-corrected chi connectivity index (χ0v) is 14.7. The summed E-state index contributed by atoms with van der Waals surface area (Å²) in [5, 5.41) is 2.98. The molecule has 0 unspecified atom stereocenters. The van der Waals surface area contributed by atoms with Gasteiger partial charge in [0.1, 0.15) is 0 Å². The monoisotopic (exact) mass is 376 g/mol. The predicted molar refractivity (Wildman–Crippen MR) is 104 cm³/mol. The molecular weight excluding hydrogens is 364 g/mol. The van der Waals surface area contributed by atoms with Crippen molar-refractivity contribution in [3.8, 4) is 0 Å². The largest absolute Gasteiger partial charge is 0.398 e. The summed E-state index contributed by atoms with van der Waals surface area (Å²) in [6.07, 6.45) is 0. The Morgan fingerprint density at radius 1 is 0.815 bits per heavy atom. The maximum atomic E-state index is 13.1. The van der Waals surface area contributed by atoms with Gasteiger partial charge in [0.15, 0.2) is 11.6 Å². The molecule has 0 atom stereocenters. The maximum absolute atomic E-state index is 13.1. The van der Waals surface area contributed by atoms with E-state index in [1.807, 2.05) is 0 Å². The van der Waals surface area contributed by atoms with Crippen LogP contribution in [0.3, 0.4) is 0 Å². The number of anilines is 2. The van der Waals surface area contributed by atoms with E-state index in [0.29, 0.717) is 0 Å². The first kappa shape index (κ1) is 17.0. The molecule has 3 N–H and O–H groups in total. The van der Waals surface area contributed by atoms with Crippen molar-refractivity contribution in [3.63, 3.8) is 0 Å². The van der Waals surface area contributed by atoms with Crippen LogP contribution in [0.1, 0.15) is 42.2 Å². The van der Waals surface area contributed by atoms with E-state index in [0.717, 1.165) is 0 Å². The van der Waals surface area contributed by atoms with Crippen LogP contribution in [-0.2, 0) is 0 Å². The number of ketones is 2. The third kappa shape index (κ3) is 2.69. The summed E-state index contributed by atoms with van der Waals surface area (Å²) in [7, 11) is 0. The van der Waals surface area contributed by atoms with E-state index >= 15 is 0 Å². The molecule has 0 spiro atoms. The molecule has 3 aromatic rings. The SMILES string of the molecule is Nc1cccc2c1C(=O)c1c(NC(=O)c3ccccc3Cl)cccc1C2=O. The minimum atomic E-state index is -0.471. The topological polar surface area (TPSA) is 89.3 Å². The fourth-order valence-electron chi connectivity index (χ4n) is 3.21. The second-order valence-electron chi connectivity index (χ2n) is 6.09. The van der Waals surface area contributed by atoms with Gasteiger partial charge >= 0.3 is 0 Å². The molecule has 1 aliphatic rings. The standard InChI is InChI=1S/C21H13ClN2O3/c22-14-8-2-1-5-11(14)21(27)24-16-10-4-7-13-18(16)20(26)17-12(19(13)25)6-3-9-15(17)23/h1-10H,23H2,(H,24,27). The van der Waals surface area contributed by atoms with Crippen molar-refractivity contribution in [1.29, 1.82) is 0 Å². The van der Waals surface area contributed by atoms with Gasteiger partial charge in [0.25, 0.3) is 5.91 Å². The molecule has 0 saturated heterocycles. The van der Waals surface area contributed by atoms with Crippen LogP contribution in [0.15, 0.2) is 60.7 Å². The number of nitrogen functional groups attached to an aromatic ring is 1. The van der Waals surface area contributed by atoms with Gasteiger partial charge in [-0.1, -0.05) is 48.0 Å². The number of nitrogens with one attached hydrogen (secondary N) is 1. The molecule has 0 aromatic heterocycles. The van der Waals surface area contributed by atoms with Gasteiger partial charge in [-0.15, -0.1) is 0 Å². The van der Waals surface area contributed by atoms with Gasteiger partial charge in [0.2, 0.25) is 0 Å². The van der Waals surface area contributed by atoms with Crippen LogP contribution in [0.5, 0.6) is 0 Å².